The molecule has 0 radical (unpaired) electrons. The number of carboxylic acid groups (broad SMARTS) is 1. The summed E-state index contributed by atoms with van der Waals surface area (Å²) in [5.41, 5.74) is 8.20. The van der Waals surface area contributed by atoms with Crippen LogP contribution in [0.25, 0.3) is 0 Å². The summed E-state index contributed by atoms with van der Waals surface area (Å²) in [6.45, 7) is 0.681. The van der Waals surface area contributed by atoms with Gasteiger partial charge in [0.1, 0.15) is 0 Å². The molecule has 108 valence electrons. The van der Waals surface area contributed by atoms with Crippen molar-refractivity contribution >= 4 is 6.09 Å². The highest BCUT2D eigenvalue weighted by Crippen LogP contribution is 2.42. The van der Waals surface area contributed by atoms with Gasteiger partial charge in [-0.15, -0.1) is 0 Å². The lowest BCUT2D eigenvalue weighted by atomic mass is 9.85. The normalized spacial score (nSPS) is 28.6. The summed E-state index contributed by atoms with van der Waals surface area (Å²) in [5.74, 6) is 0.509. The van der Waals surface area contributed by atoms with Crippen LogP contribution in [0.5, 0.6) is 0 Å². The SMILES string of the molecule is NCCc1ccc(C2CC3CCC(C2)N3C(=O)O)cc1. The van der Waals surface area contributed by atoms with E-state index in [0.717, 1.165) is 32.1 Å². The van der Waals surface area contributed by atoms with Gasteiger partial charge in [-0.1, -0.05) is 24.3 Å². The van der Waals surface area contributed by atoms with E-state index >= 15 is 0 Å². The fraction of sp³-hybridized carbons (Fsp3) is 0.562. The van der Waals surface area contributed by atoms with Gasteiger partial charge in [-0.05, 0) is 55.7 Å². The summed E-state index contributed by atoms with van der Waals surface area (Å²) in [4.78, 5) is 13.0. The number of piperidine rings is 1. The third kappa shape index (κ3) is 2.40. The van der Waals surface area contributed by atoms with Gasteiger partial charge in [-0.25, -0.2) is 4.79 Å². The predicted octanol–water partition coefficient (Wildman–Crippen LogP) is 2.58. The largest absolute Gasteiger partial charge is 0.465 e. The van der Waals surface area contributed by atoms with Gasteiger partial charge in [0.05, 0.1) is 0 Å². The van der Waals surface area contributed by atoms with Gasteiger partial charge in [-0.2, -0.15) is 0 Å². The maximum Gasteiger partial charge on any atom is 0.407 e. The number of benzene rings is 1. The first kappa shape index (κ1) is 13.4. The van der Waals surface area contributed by atoms with Crippen molar-refractivity contribution in [2.45, 2.75) is 50.1 Å². The molecule has 1 aromatic rings. The number of nitrogens with zero attached hydrogens (tertiary/aromatic N) is 1. The van der Waals surface area contributed by atoms with E-state index in [9.17, 15) is 9.90 Å². The molecule has 0 aromatic heterocycles. The van der Waals surface area contributed by atoms with Crippen LogP contribution in [-0.4, -0.2) is 34.7 Å². The average Bonchev–Trinajstić information content (AvgIpc) is 2.71. The first-order valence-electron chi connectivity index (χ1n) is 7.49. The molecule has 2 bridgehead atoms. The molecule has 0 spiro atoms. The second-order valence-electron chi connectivity index (χ2n) is 6.02. The number of amides is 1. The summed E-state index contributed by atoms with van der Waals surface area (Å²) < 4.78 is 0. The van der Waals surface area contributed by atoms with Crippen LogP contribution in [-0.2, 0) is 6.42 Å². The van der Waals surface area contributed by atoms with E-state index in [1.165, 1.54) is 11.1 Å². The van der Waals surface area contributed by atoms with Crippen LogP contribution < -0.4 is 5.73 Å². The van der Waals surface area contributed by atoms with Crippen molar-refractivity contribution in [1.29, 1.82) is 0 Å². The molecule has 2 aliphatic heterocycles. The zero-order valence-corrected chi connectivity index (χ0v) is 11.7. The third-order valence-corrected chi connectivity index (χ3v) is 4.84. The minimum atomic E-state index is -0.741. The van der Waals surface area contributed by atoms with Crippen molar-refractivity contribution in [2.24, 2.45) is 5.73 Å². The quantitative estimate of drug-likeness (QED) is 0.890. The Balaban J connectivity index is 1.72. The van der Waals surface area contributed by atoms with E-state index < -0.39 is 6.09 Å². The molecule has 0 aliphatic carbocycles. The lowest BCUT2D eigenvalue weighted by Crippen LogP contribution is -2.45. The molecular weight excluding hydrogens is 252 g/mol. The lowest BCUT2D eigenvalue weighted by molar-refractivity contribution is 0.0965. The second-order valence-corrected chi connectivity index (χ2v) is 6.02. The van der Waals surface area contributed by atoms with Crippen LogP contribution in [0.2, 0.25) is 0 Å². The molecule has 2 unspecified atom stereocenters. The van der Waals surface area contributed by atoms with Gasteiger partial charge in [0, 0.05) is 12.1 Å². The zero-order valence-electron chi connectivity index (χ0n) is 11.7. The van der Waals surface area contributed by atoms with Gasteiger partial charge >= 0.3 is 6.09 Å². The average molecular weight is 274 g/mol. The molecule has 2 saturated heterocycles. The highest BCUT2D eigenvalue weighted by Gasteiger charge is 2.43. The van der Waals surface area contributed by atoms with Gasteiger partial charge in [0.15, 0.2) is 0 Å². The van der Waals surface area contributed by atoms with Crippen LogP contribution in [0.4, 0.5) is 4.79 Å². The third-order valence-electron chi connectivity index (χ3n) is 4.84. The van der Waals surface area contributed by atoms with Crippen molar-refractivity contribution in [3.63, 3.8) is 0 Å². The summed E-state index contributed by atoms with van der Waals surface area (Å²) >= 11 is 0. The maximum atomic E-state index is 11.3. The summed E-state index contributed by atoms with van der Waals surface area (Å²) in [7, 11) is 0. The Morgan fingerprint density at radius 1 is 1.20 bits per heavy atom. The number of hydrogen-bond donors (Lipinski definition) is 2. The monoisotopic (exact) mass is 274 g/mol. The predicted molar refractivity (Wildman–Crippen MR) is 77.8 cm³/mol. The van der Waals surface area contributed by atoms with E-state index in [-0.39, 0.29) is 12.1 Å². The van der Waals surface area contributed by atoms with Gasteiger partial charge in [0.25, 0.3) is 0 Å². The van der Waals surface area contributed by atoms with Crippen LogP contribution in [0.3, 0.4) is 0 Å². The molecule has 4 heteroatoms. The van der Waals surface area contributed by atoms with Crippen molar-refractivity contribution in [3.05, 3.63) is 35.4 Å². The first-order chi connectivity index (χ1) is 9.69. The van der Waals surface area contributed by atoms with Crippen LogP contribution in [0.15, 0.2) is 24.3 Å². The Morgan fingerprint density at radius 2 is 1.80 bits per heavy atom. The molecule has 3 rings (SSSR count). The summed E-state index contributed by atoms with van der Waals surface area (Å²) in [5, 5.41) is 9.29. The molecule has 2 atom stereocenters. The van der Waals surface area contributed by atoms with Crippen LogP contribution in [0, 0.1) is 0 Å². The minimum Gasteiger partial charge on any atom is -0.465 e. The topological polar surface area (TPSA) is 66.6 Å². The van der Waals surface area contributed by atoms with Gasteiger partial charge in [-0.3, -0.25) is 0 Å². The van der Waals surface area contributed by atoms with Gasteiger partial charge < -0.3 is 15.7 Å². The standard InChI is InChI=1S/C16H22N2O2/c17-8-7-11-1-3-12(4-2-11)13-9-14-5-6-15(10-13)18(14)16(19)20/h1-4,13-15H,5-10,17H2,(H,19,20). The van der Waals surface area contributed by atoms with E-state index in [4.69, 9.17) is 5.73 Å². The molecule has 0 saturated carbocycles. The fourth-order valence-corrected chi connectivity index (χ4v) is 3.88. The molecular formula is C16H22N2O2. The molecule has 2 fully saturated rings. The molecule has 2 aliphatic rings. The van der Waals surface area contributed by atoms with Crippen LogP contribution >= 0.6 is 0 Å². The highest BCUT2D eigenvalue weighted by molar-refractivity contribution is 5.66. The van der Waals surface area contributed by atoms with E-state index in [2.05, 4.69) is 24.3 Å². The Kier molecular flexibility index (Phi) is 3.66. The second kappa shape index (κ2) is 5.44. The smallest absolute Gasteiger partial charge is 0.407 e. The molecule has 4 nitrogen and oxygen atoms in total. The van der Waals surface area contributed by atoms with E-state index in [1.54, 1.807) is 4.90 Å². The molecule has 2 heterocycles. The van der Waals surface area contributed by atoms with Crippen molar-refractivity contribution < 1.29 is 9.90 Å². The molecule has 3 N–H and O–H groups in total. The highest BCUT2D eigenvalue weighted by atomic mass is 16.4. The Hall–Kier alpha value is -1.55. The number of nitrogens with two attached hydrogens (primary N) is 1. The van der Waals surface area contributed by atoms with E-state index in [0.29, 0.717) is 12.5 Å². The minimum absolute atomic E-state index is 0.222. The maximum absolute atomic E-state index is 11.3. The lowest BCUT2D eigenvalue weighted by Gasteiger charge is -2.37. The fourth-order valence-electron chi connectivity index (χ4n) is 3.88. The Bertz CT molecular complexity index is 472. The van der Waals surface area contributed by atoms with Crippen molar-refractivity contribution in [1.82, 2.24) is 4.90 Å². The number of rotatable bonds is 3. The zero-order chi connectivity index (χ0) is 14.1. The Morgan fingerprint density at radius 3 is 2.30 bits per heavy atom. The summed E-state index contributed by atoms with van der Waals surface area (Å²) in [6.07, 6.45) is 4.17. The van der Waals surface area contributed by atoms with Crippen LogP contribution in [0.1, 0.15) is 42.7 Å². The first-order valence-corrected chi connectivity index (χ1v) is 7.49. The van der Waals surface area contributed by atoms with Crippen molar-refractivity contribution in [2.75, 3.05) is 6.54 Å². The summed E-state index contributed by atoms with van der Waals surface area (Å²) in [6, 6.07) is 9.17. The Labute approximate surface area is 119 Å². The number of carbonyl (C=O) groups is 1. The molecule has 1 aromatic carbocycles. The van der Waals surface area contributed by atoms with Gasteiger partial charge in [0.2, 0.25) is 0 Å². The van der Waals surface area contributed by atoms with Crippen molar-refractivity contribution in [3.8, 4) is 0 Å². The number of fused-ring (bicyclic) bond motifs is 2. The molecule has 1 amide bonds. The number of hydrogen-bond acceptors (Lipinski definition) is 2. The molecule has 20 heavy (non-hydrogen) atoms. The van der Waals surface area contributed by atoms with E-state index in [1.807, 2.05) is 0 Å².